The number of amides is 1. The van der Waals surface area contributed by atoms with E-state index in [9.17, 15) is 13.2 Å². The molecule has 0 aromatic heterocycles. The molecule has 2 aromatic carbocycles. The van der Waals surface area contributed by atoms with Crippen LogP contribution in [0.2, 0.25) is 0 Å². The van der Waals surface area contributed by atoms with Crippen molar-refractivity contribution in [1.82, 2.24) is 9.21 Å². The first kappa shape index (κ1) is 19.9. The van der Waals surface area contributed by atoms with Crippen LogP contribution >= 0.6 is 0 Å². The molecule has 2 aliphatic heterocycles. The summed E-state index contributed by atoms with van der Waals surface area (Å²) in [6.45, 7) is 1.96. The predicted molar refractivity (Wildman–Crippen MR) is 111 cm³/mol. The fourth-order valence-corrected chi connectivity index (χ4v) is 6.46. The van der Waals surface area contributed by atoms with Crippen molar-refractivity contribution in [1.29, 1.82) is 0 Å². The van der Waals surface area contributed by atoms with Crippen LogP contribution in [0.3, 0.4) is 0 Å². The fraction of sp³-hybridized carbons (Fsp3) is 0.409. The standard InChI is InChI=1S/C22H26N2O4S/c25-22(17-28-20-9-5-2-6-10-20)23-13-11-19-16-24(15-18-7-3-1-4-8-18)29(26,27)21(19)12-14-23/h1-10,19,21H,11-17H2/t19-,21-/m1/s1. The summed E-state index contributed by atoms with van der Waals surface area (Å²) in [5.74, 6) is 0.635. The van der Waals surface area contributed by atoms with E-state index in [0.717, 1.165) is 5.56 Å². The second-order valence-electron chi connectivity index (χ2n) is 7.68. The van der Waals surface area contributed by atoms with E-state index in [1.54, 1.807) is 9.21 Å². The number of nitrogens with zero attached hydrogens (tertiary/aromatic N) is 2. The number of hydrogen-bond donors (Lipinski definition) is 0. The molecule has 0 spiro atoms. The summed E-state index contributed by atoms with van der Waals surface area (Å²) in [4.78, 5) is 14.3. The zero-order chi connectivity index (χ0) is 20.3. The lowest BCUT2D eigenvalue weighted by Crippen LogP contribution is -2.37. The van der Waals surface area contributed by atoms with Crippen molar-refractivity contribution in [3.63, 3.8) is 0 Å². The molecule has 0 saturated carbocycles. The molecule has 2 heterocycles. The van der Waals surface area contributed by atoms with Gasteiger partial charge < -0.3 is 9.64 Å². The van der Waals surface area contributed by atoms with E-state index in [1.807, 2.05) is 60.7 Å². The quantitative estimate of drug-likeness (QED) is 0.754. The lowest BCUT2D eigenvalue weighted by molar-refractivity contribution is -0.133. The van der Waals surface area contributed by atoms with Crippen LogP contribution < -0.4 is 4.74 Å². The highest BCUT2D eigenvalue weighted by Gasteiger charge is 2.47. The maximum Gasteiger partial charge on any atom is 0.260 e. The Bertz CT molecular complexity index is 934. The molecule has 2 aliphatic rings. The molecule has 0 radical (unpaired) electrons. The summed E-state index contributed by atoms with van der Waals surface area (Å²) >= 11 is 0. The molecule has 154 valence electrons. The van der Waals surface area contributed by atoms with Crippen molar-refractivity contribution in [2.45, 2.75) is 24.6 Å². The minimum absolute atomic E-state index is 0.0216. The number of ether oxygens (including phenoxy) is 1. The van der Waals surface area contributed by atoms with Crippen molar-refractivity contribution in [2.24, 2.45) is 5.92 Å². The van der Waals surface area contributed by atoms with Gasteiger partial charge in [0.15, 0.2) is 6.61 Å². The minimum atomic E-state index is -3.35. The Morgan fingerprint density at radius 2 is 1.62 bits per heavy atom. The Morgan fingerprint density at radius 3 is 2.34 bits per heavy atom. The van der Waals surface area contributed by atoms with Crippen LogP contribution in [-0.4, -0.2) is 55.0 Å². The zero-order valence-electron chi connectivity index (χ0n) is 16.3. The van der Waals surface area contributed by atoms with Crippen molar-refractivity contribution in [3.05, 3.63) is 66.2 Å². The summed E-state index contributed by atoms with van der Waals surface area (Å²) in [6, 6.07) is 18.9. The number of rotatable bonds is 5. The van der Waals surface area contributed by atoms with Crippen molar-refractivity contribution >= 4 is 15.9 Å². The number of para-hydroxylation sites is 1. The summed E-state index contributed by atoms with van der Waals surface area (Å²) in [6.07, 6.45) is 1.18. The van der Waals surface area contributed by atoms with E-state index in [4.69, 9.17) is 4.74 Å². The van der Waals surface area contributed by atoms with E-state index in [0.29, 0.717) is 44.8 Å². The average molecular weight is 415 g/mol. The van der Waals surface area contributed by atoms with Gasteiger partial charge in [0.1, 0.15) is 5.75 Å². The SMILES string of the molecule is O=C(COc1ccccc1)N1CC[C@@H]2CN(Cc3ccccc3)S(=O)(=O)[C@@H]2CC1. The zero-order valence-corrected chi connectivity index (χ0v) is 17.1. The van der Waals surface area contributed by atoms with E-state index in [1.165, 1.54) is 0 Å². The monoisotopic (exact) mass is 414 g/mol. The molecule has 4 rings (SSSR count). The summed E-state index contributed by atoms with van der Waals surface area (Å²) in [7, 11) is -3.35. The van der Waals surface area contributed by atoms with Crippen LogP contribution in [-0.2, 0) is 21.4 Å². The number of sulfonamides is 1. The lowest BCUT2D eigenvalue weighted by atomic mass is 10.0. The molecule has 7 heteroatoms. The molecular weight excluding hydrogens is 388 g/mol. The van der Waals surface area contributed by atoms with Gasteiger partial charge >= 0.3 is 0 Å². The number of hydrogen-bond acceptors (Lipinski definition) is 4. The molecular formula is C22H26N2O4S. The smallest absolute Gasteiger partial charge is 0.260 e. The summed E-state index contributed by atoms with van der Waals surface area (Å²) in [5.41, 5.74) is 1.00. The van der Waals surface area contributed by atoms with E-state index in [2.05, 4.69) is 0 Å². The van der Waals surface area contributed by atoms with E-state index < -0.39 is 15.3 Å². The van der Waals surface area contributed by atoms with Gasteiger partial charge in [0.05, 0.1) is 5.25 Å². The fourth-order valence-electron chi connectivity index (χ4n) is 4.24. The third-order valence-electron chi connectivity index (χ3n) is 5.82. The maximum absolute atomic E-state index is 13.1. The van der Waals surface area contributed by atoms with Gasteiger partial charge in [0.25, 0.3) is 5.91 Å². The Kier molecular flexibility index (Phi) is 5.87. The molecule has 2 aromatic rings. The molecule has 0 bridgehead atoms. The minimum Gasteiger partial charge on any atom is -0.484 e. The first-order valence-electron chi connectivity index (χ1n) is 10.0. The number of carbonyl (C=O) groups excluding carboxylic acids is 1. The third kappa shape index (κ3) is 4.46. The Balaban J connectivity index is 1.36. The predicted octanol–water partition coefficient (Wildman–Crippen LogP) is 2.52. The van der Waals surface area contributed by atoms with Gasteiger partial charge in [-0.05, 0) is 36.5 Å². The molecule has 0 unspecified atom stereocenters. The lowest BCUT2D eigenvalue weighted by Gasteiger charge is -2.22. The van der Waals surface area contributed by atoms with Gasteiger partial charge in [0.2, 0.25) is 10.0 Å². The topological polar surface area (TPSA) is 66.9 Å². The molecule has 2 atom stereocenters. The van der Waals surface area contributed by atoms with Gasteiger partial charge in [-0.2, -0.15) is 4.31 Å². The first-order chi connectivity index (χ1) is 14.0. The largest absolute Gasteiger partial charge is 0.484 e. The van der Waals surface area contributed by atoms with Gasteiger partial charge in [0, 0.05) is 26.2 Å². The van der Waals surface area contributed by atoms with Gasteiger partial charge in [-0.15, -0.1) is 0 Å². The summed E-state index contributed by atoms with van der Waals surface area (Å²) < 4.78 is 33.3. The highest BCUT2D eigenvalue weighted by Crippen LogP contribution is 2.35. The van der Waals surface area contributed by atoms with Crippen LogP contribution in [0.1, 0.15) is 18.4 Å². The van der Waals surface area contributed by atoms with E-state index in [-0.39, 0.29) is 18.4 Å². The molecule has 29 heavy (non-hydrogen) atoms. The number of fused-ring (bicyclic) bond motifs is 1. The van der Waals surface area contributed by atoms with Gasteiger partial charge in [-0.1, -0.05) is 48.5 Å². The second-order valence-corrected chi connectivity index (χ2v) is 9.83. The van der Waals surface area contributed by atoms with Crippen molar-refractivity contribution < 1.29 is 17.9 Å². The second kappa shape index (κ2) is 8.55. The summed E-state index contributed by atoms with van der Waals surface area (Å²) in [5, 5.41) is -0.404. The Hall–Kier alpha value is -2.38. The normalized spacial score (nSPS) is 23.9. The van der Waals surface area contributed by atoms with Gasteiger partial charge in [-0.25, -0.2) is 8.42 Å². The molecule has 1 amide bonds. The van der Waals surface area contributed by atoms with Crippen LogP contribution in [0.4, 0.5) is 0 Å². The molecule has 2 saturated heterocycles. The molecule has 2 fully saturated rings. The molecule has 0 aliphatic carbocycles. The highest BCUT2D eigenvalue weighted by atomic mass is 32.2. The molecule has 0 N–H and O–H groups in total. The van der Waals surface area contributed by atoms with Crippen LogP contribution in [0.25, 0.3) is 0 Å². The Morgan fingerprint density at radius 1 is 0.966 bits per heavy atom. The number of benzene rings is 2. The van der Waals surface area contributed by atoms with Crippen LogP contribution in [0.15, 0.2) is 60.7 Å². The first-order valence-corrected chi connectivity index (χ1v) is 11.5. The molecule has 6 nitrogen and oxygen atoms in total. The van der Waals surface area contributed by atoms with E-state index >= 15 is 0 Å². The average Bonchev–Trinajstić information content (AvgIpc) is 2.88. The number of carbonyl (C=O) groups is 1. The highest BCUT2D eigenvalue weighted by molar-refractivity contribution is 7.90. The third-order valence-corrected chi connectivity index (χ3v) is 8.20. The number of likely N-dealkylation sites (tertiary alicyclic amines) is 1. The Labute approximate surface area is 172 Å². The van der Waals surface area contributed by atoms with Crippen molar-refractivity contribution in [2.75, 3.05) is 26.2 Å². The van der Waals surface area contributed by atoms with Crippen LogP contribution in [0.5, 0.6) is 5.75 Å². The van der Waals surface area contributed by atoms with Crippen molar-refractivity contribution in [3.8, 4) is 5.75 Å². The van der Waals surface area contributed by atoms with Crippen LogP contribution in [0, 0.1) is 5.92 Å². The maximum atomic E-state index is 13.1. The van der Waals surface area contributed by atoms with Gasteiger partial charge in [-0.3, -0.25) is 4.79 Å².